The van der Waals surface area contributed by atoms with E-state index in [9.17, 15) is 4.79 Å². The Kier molecular flexibility index (Phi) is 4.07. The van der Waals surface area contributed by atoms with E-state index in [0.717, 1.165) is 17.8 Å². The van der Waals surface area contributed by atoms with Crippen molar-refractivity contribution in [2.45, 2.75) is 26.0 Å². The topological polar surface area (TPSA) is 81.6 Å². The van der Waals surface area contributed by atoms with Crippen LogP contribution in [0.1, 0.15) is 22.8 Å². The van der Waals surface area contributed by atoms with Gasteiger partial charge in [-0.3, -0.25) is 4.79 Å². The second-order valence-corrected chi connectivity index (χ2v) is 5.10. The molecule has 4 N–H and O–H groups in total. The second kappa shape index (κ2) is 5.59. The molecule has 5 nitrogen and oxygen atoms in total. The van der Waals surface area contributed by atoms with Gasteiger partial charge in [0.15, 0.2) is 0 Å². The number of aryl methyl sites for hydroxylation is 1. The Bertz CT molecular complexity index is 474. The highest BCUT2D eigenvalue weighted by atomic mass is 16.5. The summed E-state index contributed by atoms with van der Waals surface area (Å²) >= 11 is 0. The van der Waals surface area contributed by atoms with Crippen molar-refractivity contribution >= 4 is 11.6 Å². The Morgan fingerprint density at radius 3 is 2.89 bits per heavy atom. The normalized spacial score (nSPS) is 21.2. The number of primary amides is 1. The number of nitrogens with two attached hydrogens (primary N) is 2. The number of carbonyl (C=O) groups excluding carboxylic acids is 1. The first-order valence-corrected chi connectivity index (χ1v) is 6.51. The first kappa shape index (κ1) is 13.8. The van der Waals surface area contributed by atoms with Crippen LogP contribution in [0.25, 0.3) is 0 Å². The maximum atomic E-state index is 11.5. The van der Waals surface area contributed by atoms with Gasteiger partial charge in [-0.1, -0.05) is 6.07 Å². The molecule has 1 aromatic carbocycles. The van der Waals surface area contributed by atoms with Gasteiger partial charge in [-0.15, -0.1) is 0 Å². The van der Waals surface area contributed by atoms with E-state index in [1.54, 1.807) is 6.07 Å². The van der Waals surface area contributed by atoms with Crippen molar-refractivity contribution < 1.29 is 9.53 Å². The average Bonchev–Trinajstić information content (AvgIpc) is 2.38. The van der Waals surface area contributed by atoms with E-state index in [-0.39, 0.29) is 12.1 Å². The number of rotatable bonds is 3. The van der Waals surface area contributed by atoms with Gasteiger partial charge in [-0.25, -0.2) is 0 Å². The van der Waals surface area contributed by atoms with Gasteiger partial charge in [0, 0.05) is 24.8 Å². The molecule has 0 aromatic heterocycles. The smallest absolute Gasteiger partial charge is 0.250 e. The molecule has 2 rings (SSSR count). The molecule has 0 aliphatic carbocycles. The predicted molar refractivity (Wildman–Crippen MR) is 75.3 cm³/mol. The molecule has 1 aromatic rings. The van der Waals surface area contributed by atoms with Crippen molar-refractivity contribution in [3.8, 4) is 0 Å². The third-order valence-electron chi connectivity index (χ3n) is 3.44. The van der Waals surface area contributed by atoms with Crippen LogP contribution in [0.3, 0.4) is 0 Å². The molecular weight excluding hydrogens is 242 g/mol. The van der Waals surface area contributed by atoms with Gasteiger partial charge in [0.2, 0.25) is 0 Å². The number of benzene rings is 1. The van der Waals surface area contributed by atoms with Crippen molar-refractivity contribution in [2.24, 2.45) is 11.5 Å². The molecular formula is C14H21N3O2. The molecule has 0 spiro atoms. The largest absolute Gasteiger partial charge is 0.373 e. The van der Waals surface area contributed by atoms with Crippen LogP contribution in [0.15, 0.2) is 18.2 Å². The summed E-state index contributed by atoms with van der Waals surface area (Å²) in [5.41, 5.74) is 13.9. The Morgan fingerprint density at radius 2 is 2.26 bits per heavy atom. The molecule has 0 bridgehead atoms. The third-order valence-corrected chi connectivity index (χ3v) is 3.44. The van der Waals surface area contributed by atoms with Crippen molar-refractivity contribution in [3.05, 3.63) is 29.3 Å². The van der Waals surface area contributed by atoms with Crippen molar-refractivity contribution in [3.63, 3.8) is 0 Å². The fraction of sp³-hybridized carbons (Fsp3) is 0.500. The lowest BCUT2D eigenvalue weighted by atomic mass is 10.1. The Morgan fingerprint density at radius 1 is 1.53 bits per heavy atom. The lowest BCUT2D eigenvalue weighted by molar-refractivity contribution is 0.0275. The van der Waals surface area contributed by atoms with Crippen LogP contribution in [0, 0.1) is 6.92 Å². The van der Waals surface area contributed by atoms with Crippen molar-refractivity contribution in [1.29, 1.82) is 0 Å². The maximum Gasteiger partial charge on any atom is 0.250 e. The number of anilines is 1. The lowest BCUT2D eigenvalue weighted by Gasteiger charge is -2.37. The Balaban J connectivity index is 2.30. The summed E-state index contributed by atoms with van der Waals surface area (Å²) < 4.78 is 5.64. The molecule has 19 heavy (non-hydrogen) atoms. The number of nitrogens with zero attached hydrogens (tertiary/aromatic N) is 1. The number of hydrogen-bond donors (Lipinski definition) is 2. The van der Waals surface area contributed by atoms with E-state index in [0.29, 0.717) is 18.7 Å². The van der Waals surface area contributed by atoms with Gasteiger partial charge in [0.25, 0.3) is 5.91 Å². The standard InChI is InChI=1S/C14H21N3O2/c1-9-3-4-11(14(16)18)12(7-9)17-5-6-19-13(8-17)10(2)15/h3-4,7,10,13H,5-6,8,15H2,1-2H3,(H2,16,18). The molecule has 104 valence electrons. The molecule has 1 amide bonds. The SMILES string of the molecule is Cc1ccc(C(N)=O)c(N2CCOC(C(C)N)C2)c1. The van der Waals surface area contributed by atoms with Crippen LogP contribution in [0.5, 0.6) is 0 Å². The number of carbonyl (C=O) groups is 1. The molecule has 1 heterocycles. The highest BCUT2D eigenvalue weighted by molar-refractivity contribution is 5.98. The van der Waals surface area contributed by atoms with E-state index < -0.39 is 5.91 Å². The van der Waals surface area contributed by atoms with E-state index in [2.05, 4.69) is 4.90 Å². The number of morpholine rings is 1. The zero-order chi connectivity index (χ0) is 14.0. The van der Waals surface area contributed by atoms with Gasteiger partial charge in [0.1, 0.15) is 0 Å². The van der Waals surface area contributed by atoms with Crippen molar-refractivity contribution in [1.82, 2.24) is 0 Å². The summed E-state index contributed by atoms with van der Waals surface area (Å²) in [5, 5.41) is 0. The molecule has 1 fully saturated rings. The van der Waals surface area contributed by atoms with E-state index in [1.165, 1.54) is 0 Å². The average molecular weight is 263 g/mol. The zero-order valence-corrected chi connectivity index (χ0v) is 11.4. The molecule has 1 saturated heterocycles. The molecule has 1 aliphatic heterocycles. The monoisotopic (exact) mass is 263 g/mol. The van der Waals surface area contributed by atoms with Crippen LogP contribution in [-0.4, -0.2) is 37.7 Å². The molecule has 0 radical (unpaired) electrons. The van der Waals surface area contributed by atoms with Crippen LogP contribution in [0.2, 0.25) is 0 Å². The van der Waals surface area contributed by atoms with Crippen LogP contribution < -0.4 is 16.4 Å². The summed E-state index contributed by atoms with van der Waals surface area (Å²) in [6.07, 6.45) is -0.0185. The van der Waals surface area contributed by atoms with Gasteiger partial charge in [0.05, 0.1) is 18.3 Å². The summed E-state index contributed by atoms with van der Waals surface area (Å²) in [6.45, 7) is 5.96. The molecule has 1 aliphatic rings. The first-order chi connectivity index (χ1) is 8.99. The van der Waals surface area contributed by atoms with Crippen LogP contribution in [0.4, 0.5) is 5.69 Å². The zero-order valence-electron chi connectivity index (χ0n) is 11.4. The fourth-order valence-electron chi connectivity index (χ4n) is 2.32. The van der Waals surface area contributed by atoms with Crippen molar-refractivity contribution in [2.75, 3.05) is 24.6 Å². The van der Waals surface area contributed by atoms with Gasteiger partial charge in [-0.2, -0.15) is 0 Å². The number of ether oxygens (including phenoxy) is 1. The maximum absolute atomic E-state index is 11.5. The summed E-state index contributed by atoms with van der Waals surface area (Å²) in [6, 6.07) is 5.63. The number of hydrogen-bond acceptors (Lipinski definition) is 4. The van der Waals surface area contributed by atoms with Gasteiger partial charge < -0.3 is 21.1 Å². The van der Waals surface area contributed by atoms with E-state index in [4.69, 9.17) is 16.2 Å². The Hall–Kier alpha value is -1.59. The third kappa shape index (κ3) is 3.05. The molecule has 2 atom stereocenters. The van der Waals surface area contributed by atoms with E-state index in [1.807, 2.05) is 26.0 Å². The summed E-state index contributed by atoms with van der Waals surface area (Å²) in [4.78, 5) is 13.7. The minimum absolute atomic E-state index is 0.0185. The number of amides is 1. The van der Waals surface area contributed by atoms with Crippen LogP contribution >= 0.6 is 0 Å². The lowest BCUT2D eigenvalue weighted by Crippen LogP contribution is -2.50. The minimum Gasteiger partial charge on any atom is -0.373 e. The minimum atomic E-state index is -0.404. The molecule has 2 unspecified atom stereocenters. The molecule has 5 heteroatoms. The second-order valence-electron chi connectivity index (χ2n) is 5.10. The highest BCUT2D eigenvalue weighted by Crippen LogP contribution is 2.24. The highest BCUT2D eigenvalue weighted by Gasteiger charge is 2.25. The van der Waals surface area contributed by atoms with E-state index >= 15 is 0 Å². The fourth-order valence-corrected chi connectivity index (χ4v) is 2.32. The van der Waals surface area contributed by atoms with Crippen LogP contribution in [-0.2, 0) is 4.74 Å². The summed E-state index contributed by atoms with van der Waals surface area (Å²) in [7, 11) is 0. The first-order valence-electron chi connectivity index (χ1n) is 6.51. The Labute approximate surface area is 113 Å². The predicted octanol–water partition coefficient (Wildman–Crippen LogP) is 0.646. The van der Waals surface area contributed by atoms with Gasteiger partial charge in [-0.05, 0) is 31.5 Å². The molecule has 0 saturated carbocycles. The van der Waals surface area contributed by atoms with Gasteiger partial charge >= 0.3 is 0 Å². The summed E-state index contributed by atoms with van der Waals surface area (Å²) in [5.74, 6) is -0.404. The quantitative estimate of drug-likeness (QED) is 0.838.